The molecule has 0 N–H and O–H groups in total. The summed E-state index contributed by atoms with van der Waals surface area (Å²) in [6.07, 6.45) is 11.9. The smallest absolute Gasteiger partial charge is 0.0106 e. The van der Waals surface area contributed by atoms with Crippen molar-refractivity contribution in [2.45, 2.75) is 46.5 Å². The Morgan fingerprint density at radius 3 is 2.53 bits per heavy atom. The molecular weight excluding hydrogens is 180 g/mol. The monoisotopic (exact) mass is 202 g/mol. The van der Waals surface area contributed by atoms with Crippen LogP contribution in [0.5, 0.6) is 0 Å². The third kappa shape index (κ3) is 2.09. The lowest BCUT2D eigenvalue weighted by Crippen LogP contribution is -1.96. The van der Waals surface area contributed by atoms with Crippen LogP contribution in [-0.4, -0.2) is 0 Å². The highest BCUT2D eigenvalue weighted by atomic mass is 14.5. The summed E-state index contributed by atoms with van der Waals surface area (Å²) in [5, 5.41) is 0. The van der Waals surface area contributed by atoms with Gasteiger partial charge in [-0.3, -0.25) is 0 Å². The van der Waals surface area contributed by atoms with E-state index in [0.29, 0.717) is 10.8 Å². The van der Waals surface area contributed by atoms with E-state index in [1.54, 1.807) is 5.57 Å². The zero-order valence-electron chi connectivity index (χ0n) is 10.3. The summed E-state index contributed by atoms with van der Waals surface area (Å²) in [6, 6.07) is 0. The van der Waals surface area contributed by atoms with E-state index in [1.165, 1.54) is 31.3 Å². The summed E-state index contributed by atoms with van der Waals surface area (Å²) in [5.41, 5.74) is 4.12. The molecule has 2 rings (SSSR count). The predicted octanol–water partition coefficient (Wildman–Crippen LogP) is 4.65. The Morgan fingerprint density at radius 2 is 2.07 bits per heavy atom. The number of hydrogen-bond acceptors (Lipinski definition) is 0. The van der Waals surface area contributed by atoms with E-state index in [4.69, 9.17) is 0 Å². The minimum absolute atomic E-state index is 0.365. The molecule has 0 aromatic carbocycles. The lowest BCUT2D eigenvalue weighted by molar-refractivity contribution is 0.570. The van der Waals surface area contributed by atoms with Gasteiger partial charge in [-0.15, -0.1) is 0 Å². The molecule has 0 heterocycles. The van der Waals surface area contributed by atoms with Gasteiger partial charge in [0.25, 0.3) is 0 Å². The van der Waals surface area contributed by atoms with Gasteiger partial charge < -0.3 is 0 Å². The van der Waals surface area contributed by atoms with Gasteiger partial charge in [0.15, 0.2) is 0 Å². The third-order valence-corrected chi connectivity index (χ3v) is 4.00. The highest BCUT2D eigenvalue weighted by Crippen LogP contribution is 2.58. The molecule has 0 aromatic heterocycles. The third-order valence-electron chi connectivity index (χ3n) is 4.00. The Bertz CT molecular complexity index is 339. The lowest BCUT2D eigenvalue weighted by Gasteiger charge is -2.09. The molecule has 15 heavy (non-hydrogen) atoms. The van der Waals surface area contributed by atoms with Crippen LogP contribution in [0.3, 0.4) is 0 Å². The molecule has 0 radical (unpaired) electrons. The fourth-order valence-corrected chi connectivity index (χ4v) is 2.48. The highest BCUT2D eigenvalue weighted by molar-refractivity contribution is 5.45. The van der Waals surface area contributed by atoms with Gasteiger partial charge in [0, 0.05) is 5.41 Å². The highest BCUT2D eigenvalue weighted by Gasteiger charge is 2.45. The van der Waals surface area contributed by atoms with Gasteiger partial charge in [0.1, 0.15) is 0 Å². The van der Waals surface area contributed by atoms with Crippen LogP contribution in [0, 0.1) is 10.8 Å². The maximum absolute atomic E-state index is 3.98. The van der Waals surface area contributed by atoms with Crippen molar-refractivity contribution < 1.29 is 0 Å². The fraction of sp³-hybridized carbons (Fsp3) is 0.600. The van der Waals surface area contributed by atoms with Crippen molar-refractivity contribution in [1.82, 2.24) is 0 Å². The molecule has 2 saturated carbocycles. The van der Waals surface area contributed by atoms with Gasteiger partial charge in [-0.2, -0.15) is 0 Å². The second-order valence-corrected chi connectivity index (χ2v) is 5.79. The zero-order valence-corrected chi connectivity index (χ0v) is 10.3. The minimum atomic E-state index is 0.365. The van der Waals surface area contributed by atoms with E-state index in [0.717, 1.165) is 0 Å². The SMILES string of the molecule is C=C/C(CC1(C)CC1)=C1\CC1(C)/C=C\C. The first kappa shape index (κ1) is 10.7. The minimum Gasteiger partial charge on any atom is -0.0988 e. The van der Waals surface area contributed by atoms with Crippen LogP contribution in [0.4, 0.5) is 0 Å². The normalized spacial score (nSPS) is 35.4. The molecule has 0 bridgehead atoms. The summed E-state index contributed by atoms with van der Waals surface area (Å²) in [5.74, 6) is 0. The molecule has 2 fully saturated rings. The van der Waals surface area contributed by atoms with Crippen molar-refractivity contribution in [3.05, 3.63) is 36.0 Å². The molecular formula is C15H22. The predicted molar refractivity (Wildman–Crippen MR) is 66.7 cm³/mol. The largest absolute Gasteiger partial charge is 0.0988 e. The van der Waals surface area contributed by atoms with Crippen LogP contribution in [0.15, 0.2) is 36.0 Å². The van der Waals surface area contributed by atoms with Gasteiger partial charge in [-0.25, -0.2) is 0 Å². The fourth-order valence-electron chi connectivity index (χ4n) is 2.48. The van der Waals surface area contributed by atoms with Crippen molar-refractivity contribution in [2.75, 3.05) is 0 Å². The Morgan fingerprint density at radius 1 is 1.40 bits per heavy atom. The van der Waals surface area contributed by atoms with E-state index in [-0.39, 0.29) is 0 Å². The molecule has 0 nitrogen and oxygen atoms in total. The Hall–Kier alpha value is -0.780. The molecule has 0 aromatic rings. The van der Waals surface area contributed by atoms with Crippen molar-refractivity contribution in [3.63, 3.8) is 0 Å². The van der Waals surface area contributed by atoms with Crippen LogP contribution in [0.1, 0.15) is 46.5 Å². The Balaban J connectivity index is 2.13. The van der Waals surface area contributed by atoms with E-state index in [1.807, 2.05) is 0 Å². The molecule has 2 aliphatic carbocycles. The second-order valence-electron chi connectivity index (χ2n) is 5.79. The average molecular weight is 202 g/mol. The van der Waals surface area contributed by atoms with Crippen molar-refractivity contribution in [3.8, 4) is 0 Å². The van der Waals surface area contributed by atoms with Crippen molar-refractivity contribution in [2.24, 2.45) is 10.8 Å². The van der Waals surface area contributed by atoms with Crippen LogP contribution in [0.25, 0.3) is 0 Å². The van der Waals surface area contributed by atoms with Gasteiger partial charge in [-0.05, 0) is 43.6 Å². The lowest BCUT2D eigenvalue weighted by atomic mass is 9.95. The van der Waals surface area contributed by atoms with Crippen molar-refractivity contribution in [1.29, 1.82) is 0 Å². The summed E-state index contributed by atoms with van der Waals surface area (Å²) in [7, 11) is 0. The first-order chi connectivity index (χ1) is 7.03. The summed E-state index contributed by atoms with van der Waals surface area (Å²) in [4.78, 5) is 0. The molecule has 0 saturated heterocycles. The van der Waals surface area contributed by atoms with Gasteiger partial charge in [0.05, 0.1) is 0 Å². The van der Waals surface area contributed by atoms with Crippen LogP contribution in [0.2, 0.25) is 0 Å². The summed E-state index contributed by atoms with van der Waals surface area (Å²) in [6.45, 7) is 10.8. The molecule has 82 valence electrons. The maximum atomic E-state index is 3.98. The van der Waals surface area contributed by atoms with Crippen LogP contribution in [-0.2, 0) is 0 Å². The van der Waals surface area contributed by atoms with E-state index in [9.17, 15) is 0 Å². The molecule has 1 unspecified atom stereocenters. The first-order valence-corrected chi connectivity index (χ1v) is 6.02. The van der Waals surface area contributed by atoms with E-state index >= 15 is 0 Å². The number of hydrogen-bond donors (Lipinski definition) is 0. The Labute approximate surface area is 93.8 Å². The molecule has 0 spiro atoms. The summed E-state index contributed by atoms with van der Waals surface area (Å²) < 4.78 is 0. The second kappa shape index (κ2) is 3.37. The van der Waals surface area contributed by atoms with Crippen molar-refractivity contribution >= 4 is 0 Å². The van der Waals surface area contributed by atoms with E-state index in [2.05, 4.69) is 45.6 Å². The molecule has 0 heteroatoms. The van der Waals surface area contributed by atoms with Gasteiger partial charge >= 0.3 is 0 Å². The summed E-state index contributed by atoms with van der Waals surface area (Å²) >= 11 is 0. The quantitative estimate of drug-likeness (QED) is 0.582. The van der Waals surface area contributed by atoms with Crippen LogP contribution >= 0.6 is 0 Å². The topological polar surface area (TPSA) is 0 Å². The van der Waals surface area contributed by atoms with E-state index < -0.39 is 0 Å². The maximum Gasteiger partial charge on any atom is 0.0106 e. The number of rotatable bonds is 4. The molecule has 1 atom stereocenters. The Kier molecular flexibility index (Phi) is 2.41. The number of allylic oxidation sites excluding steroid dienone is 5. The van der Waals surface area contributed by atoms with Crippen LogP contribution < -0.4 is 0 Å². The molecule has 2 aliphatic rings. The standard InChI is InChI=1S/C15H22/c1-5-7-15(4)11-13(15)12(6-2)10-14(3)8-9-14/h5-7H,2,8-11H2,1,3-4H3/b7-5-,13-12-. The van der Waals surface area contributed by atoms with Gasteiger partial charge in [-0.1, -0.05) is 44.2 Å². The first-order valence-electron chi connectivity index (χ1n) is 6.02. The average Bonchev–Trinajstić information content (AvgIpc) is 3.04. The van der Waals surface area contributed by atoms with Gasteiger partial charge in [0.2, 0.25) is 0 Å². The molecule has 0 aliphatic heterocycles. The molecule has 0 amide bonds. The zero-order chi connectivity index (χ0) is 11.1.